The van der Waals surface area contributed by atoms with Crippen LogP contribution in [0.1, 0.15) is 13.3 Å². The fourth-order valence-electron chi connectivity index (χ4n) is 1.09. The maximum Gasteiger partial charge on any atom is 0.247 e. The van der Waals surface area contributed by atoms with Gasteiger partial charge in [-0.3, -0.25) is 4.79 Å². The van der Waals surface area contributed by atoms with Gasteiger partial charge in [0.1, 0.15) is 0 Å². The van der Waals surface area contributed by atoms with Crippen LogP contribution in [-0.2, 0) is 4.79 Å². The van der Waals surface area contributed by atoms with Crippen molar-refractivity contribution in [2.45, 2.75) is 19.4 Å². The van der Waals surface area contributed by atoms with Crippen molar-refractivity contribution in [2.24, 2.45) is 5.73 Å². The SMILES string of the molecule is C[C@H](CN)NC(=O)C1=CCCSC1. The molecule has 0 unspecified atom stereocenters. The van der Waals surface area contributed by atoms with Crippen LogP contribution in [0, 0.1) is 0 Å². The summed E-state index contributed by atoms with van der Waals surface area (Å²) in [6.07, 6.45) is 3.03. The highest BCUT2D eigenvalue weighted by molar-refractivity contribution is 7.99. The third-order valence-corrected chi connectivity index (χ3v) is 2.97. The van der Waals surface area contributed by atoms with Gasteiger partial charge in [0.2, 0.25) is 5.91 Å². The first-order valence-electron chi connectivity index (χ1n) is 4.51. The number of amides is 1. The molecule has 13 heavy (non-hydrogen) atoms. The van der Waals surface area contributed by atoms with Crippen molar-refractivity contribution in [3.63, 3.8) is 0 Å². The third-order valence-electron chi connectivity index (χ3n) is 1.93. The molecule has 1 heterocycles. The van der Waals surface area contributed by atoms with Gasteiger partial charge in [0.15, 0.2) is 0 Å². The number of carbonyl (C=O) groups is 1. The molecule has 1 rings (SSSR count). The molecule has 0 saturated carbocycles. The maximum absolute atomic E-state index is 11.5. The number of hydrogen-bond acceptors (Lipinski definition) is 3. The average Bonchev–Trinajstić information content (AvgIpc) is 2.19. The van der Waals surface area contributed by atoms with E-state index in [9.17, 15) is 4.79 Å². The number of hydrogen-bond donors (Lipinski definition) is 2. The van der Waals surface area contributed by atoms with Gasteiger partial charge in [-0.05, 0) is 19.1 Å². The number of nitrogens with two attached hydrogens (primary N) is 1. The van der Waals surface area contributed by atoms with Gasteiger partial charge in [0.05, 0.1) is 0 Å². The Bertz CT molecular complexity index is 216. The zero-order chi connectivity index (χ0) is 9.68. The smallest absolute Gasteiger partial charge is 0.247 e. The van der Waals surface area contributed by atoms with Crippen LogP contribution in [0.2, 0.25) is 0 Å². The number of thioether (sulfide) groups is 1. The highest BCUT2D eigenvalue weighted by Gasteiger charge is 2.13. The Labute approximate surface area is 83.1 Å². The predicted octanol–water partition coefficient (Wildman–Crippen LogP) is 0.513. The van der Waals surface area contributed by atoms with Gasteiger partial charge < -0.3 is 11.1 Å². The minimum atomic E-state index is 0.0464. The zero-order valence-corrected chi connectivity index (χ0v) is 8.69. The van der Waals surface area contributed by atoms with Gasteiger partial charge in [-0.15, -0.1) is 0 Å². The molecule has 1 aliphatic rings. The molecule has 1 atom stereocenters. The zero-order valence-electron chi connectivity index (χ0n) is 7.88. The lowest BCUT2D eigenvalue weighted by Crippen LogP contribution is -2.39. The normalized spacial score (nSPS) is 19.1. The van der Waals surface area contributed by atoms with Crippen LogP contribution < -0.4 is 11.1 Å². The quantitative estimate of drug-likeness (QED) is 0.698. The van der Waals surface area contributed by atoms with E-state index in [0.717, 1.165) is 23.5 Å². The van der Waals surface area contributed by atoms with E-state index < -0.39 is 0 Å². The molecule has 1 aliphatic heterocycles. The van der Waals surface area contributed by atoms with Gasteiger partial charge in [-0.2, -0.15) is 11.8 Å². The maximum atomic E-state index is 11.5. The Morgan fingerprint density at radius 3 is 3.15 bits per heavy atom. The standard InChI is InChI=1S/C9H16N2OS/c1-7(5-10)11-9(12)8-3-2-4-13-6-8/h3,7H,2,4-6,10H2,1H3,(H,11,12)/t7-/m1/s1. The minimum Gasteiger partial charge on any atom is -0.349 e. The average molecular weight is 200 g/mol. The molecule has 1 amide bonds. The fraction of sp³-hybridized carbons (Fsp3) is 0.667. The van der Waals surface area contributed by atoms with E-state index in [1.54, 1.807) is 11.8 Å². The lowest BCUT2D eigenvalue weighted by molar-refractivity contribution is -0.117. The van der Waals surface area contributed by atoms with E-state index in [2.05, 4.69) is 5.32 Å². The molecule has 0 spiro atoms. The van der Waals surface area contributed by atoms with E-state index in [4.69, 9.17) is 5.73 Å². The first kappa shape index (κ1) is 10.6. The van der Waals surface area contributed by atoms with E-state index in [-0.39, 0.29) is 11.9 Å². The molecule has 3 nitrogen and oxygen atoms in total. The van der Waals surface area contributed by atoms with Crippen molar-refractivity contribution < 1.29 is 4.79 Å². The summed E-state index contributed by atoms with van der Waals surface area (Å²) < 4.78 is 0. The van der Waals surface area contributed by atoms with Gasteiger partial charge in [0, 0.05) is 23.9 Å². The summed E-state index contributed by atoms with van der Waals surface area (Å²) in [5.74, 6) is 2.01. The molecule has 0 fully saturated rings. The molecule has 74 valence electrons. The Morgan fingerprint density at radius 2 is 2.62 bits per heavy atom. The molecule has 0 saturated heterocycles. The highest BCUT2D eigenvalue weighted by Crippen LogP contribution is 2.16. The van der Waals surface area contributed by atoms with Crippen LogP contribution in [0.5, 0.6) is 0 Å². The third kappa shape index (κ3) is 3.40. The van der Waals surface area contributed by atoms with E-state index in [0.29, 0.717) is 6.54 Å². The summed E-state index contributed by atoms with van der Waals surface area (Å²) in [6.45, 7) is 2.40. The molecule has 0 aromatic rings. The van der Waals surface area contributed by atoms with E-state index in [1.165, 1.54) is 0 Å². The summed E-state index contributed by atoms with van der Waals surface area (Å²) in [4.78, 5) is 11.5. The summed E-state index contributed by atoms with van der Waals surface area (Å²) in [5.41, 5.74) is 6.31. The fourth-order valence-corrected chi connectivity index (χ4v) is 1.99. The summed E-state index contributed by atoms with van der Waals surface area (Å²) >= 11 is 1.81. The van der Waals surface area contributed by atoms with Gasteiger partial charge in [-0.1, -0.05) is 6.08 Å². The van der Waals surface area contributed by atoms with Crippen LogP contribution in [0.3, 0.4) is 0 Å². The number of nitrogens with one attached hydrogen (secondary N) is 1. The second-order valence-corrected chi connectivity index (χ2v) is 4.29. The Kier molecular flexibility index (Phi) is 4.32. The van der Waals surface area contributed by atoms with Crippen molar-refractivity contribution in [3.05, 3.63) is 11.6 Å². The molecule has 0 aliphatic carbocycles. The van der Waals surface area contributed by atoms with Crippen molar-refractivity contribution in [3.8, 4) is 0 Å². The molecule has 0 bridgehead atoms. The first-order valence-corrected chi connectivity index (χ1v) is 5.67. The van der Waals surface area contributed by atoms with Crippen LogP contribution in [0.4, 0.5) is 0 Å². The molecular weight excluding hydrogens is 184 g/mol. The van der Waals surface area contributed by atoms with Crippen LogP contribution in [0.15, 0.2) is 11.6 Å². The highest BCUT2D eigenvalue weighted by atomic mass is 32.2. The molecule has 0 radical (unpaired) electrons. The second-order valence-electron chi connectivity index (χ2n) is 3.18. The van der Waals surface area contributed by atoms with Crippen molar-refractivity contribution in [1.29, 1.82) is 0 Å². The molecule has 4 heteroatoms. The molecular formula is C9H16N2OS. The van der Waals surface area contributed by atoms with Gasteiger partial charge in [-0.25, -0.2) is 0 Å². The van der Waals surface area contributed by atoms with Gasteiger partial charge >= 0.3 is 0 Å². The summed E-state index contributed by atoms with van der Waals surface area (Å²) in [7, 11) is 0. The molecule has 0 aromatic heterocycles. The number of carbonyl (C=O) groups excluding carboxylic acids is 1. The second kappa shape index (κ2) is 5.29. The van der Waals surface area contributed by atoms with Gasteiger partial charge in [0.25, 0.3) is 0 Å². The van der Waals surface area contributed by atoms with E-state index in [1.807, 2.05) is 13.0 Å². The van der Waals surface area contributed by atoms with Crippen LogP contribution in [-0.4, -0.2) is 30.0 Å². The largest absolute Gasteiger partial charge is 0.349 e. The molecule has 3 N–H and O–H groups in total. The lowest BCUT2D eigenvalue weighted by Gasteiger charge is -2.15. The van der Waals surface area contributed by atoms with E-state index >= 15 is 0 Å². The Balaban J connectivity index is 2.42. The first-order chi connectivity index (χ1) is 6.24. The Morgan fingerprint density at radius 1 is 1.85 bits per heavy atom. The Hall–Kier alpha value is -0.480. The van der Waals surface area contributed by atoms with Crippen molar-refractivity contribution in [1.82, 2.24) is 5.32 Å². The monoisotopic (exact) mass is 200 g/mol. The van der Waals surface area contributed by atoms with Crippen molar-refractivity contribution in [2.75, 3.05) is 18.1 Å². The minimum absolute atomic E-state index is 0.0464. The topological polar surface area (TPSA) is 55.1 Å². The molecule has 0 aromatic carbocycles. The number of allylic oxidation sites excluding steroid dienone is 1. The summed E-state index contributed by atoms with van der Waals surface area (Å²) in [5, 5.41) is 2.85. The predicted molar refractivity (Wildman–Crippen MR) is 56.7 cm³/mol. The lowest BCUT2D eigenvalue weighted by atomic mass is 10.2. The van der Waals surface area contributed by atoms with Crippen molar-refractivity contribution >= 4 is 17.7 Å². The summed E-state index contributed by atoms with van der Waals surface area (Å²) in [6, 6.07) is 0.0697. The number of rotatable bonds is 3. The van der Waals surface area contributed by atoms with Crippen LogP contribution in [0.25, 0.3) is 0 Å². The van der Waals surface area contributed by atoms with Crippen LogP contribution >= 0.6 is 11.8 Å².